The van der Waals surface area contributed by atoms with Crippen LogP contribution in [0.3, 0.4) is 0 Å². The predicted molar refractivity (Wildman–Crippen MR) is 101 cm³/mol. The van der Waals surface area contributed by atoms with Crippen molar-refractivity contribution in [1.29, 1.82) is 0 Å². The first-order valence-electron chi connectivity index (χ1n) is 9.28. The van der Waals surface area contributed by atoms with E-state index in [1.807, 2.05) is 4.90 Å². The maximum atomic E-state index is 12.5. The summed E-state index contributed by atoms with van der Waals surface area (Å²) in [6.07, 6.45) is 3.13. The Bertz CT molecular complexity index is 780. The van der Waals surface area contributed by atoms with Gasteiger partial charge in [-0.05, 0) is 63.0 Å². The van der Waals surface area contributed by atoms with E-state index in [9.17, 15) is 18.0 Å². The van der Waals surface area contributed by atoms with Crippen LogP contribution in [-0.4, -0.2) is 62.2 Å². The molecule has 0 radical (unpaired) electrons. The highest BCUT2D eigenvalue weighted by molar-refractivity contribution is 7.89. The number of benzene rings is 1. The average Bonchev–Trinajstić information content (AvgIpc) is 3.18. The molecule has 2 saturated heterocycles. The summed E-state index contributed by atoms with van der Waals surface area (Å²) >= 11 is 0. The van der Waals surface area contributed by atoms with Crippen molar-refractivity contribution in [2.24, 2.45) is 11.7 Å². The lowest BCUT2D eigenvalue weighted by Gasteiger charge is -2.29. The van der Waals surface area contributed by atoms with Crippen LogP contribution in [0.4, 0.5) is 5.69 Å². The monoisotopic (exact) mass is 394 g/mol. The van der Waals surface area contributed by atoms with Crippen LogP contribution < -0.4 is 11.1 Å². The highest BCUT2D eigenvalue weighted by atomic mass is 32.2. The van der Waals surface area contributed by atoms with Crippen LogP contribution in [0.1, 0.15) is 25.7 Å². The Morgan fingerprint density at radius 3 is 2.19 bits per heavy atom. The summed E-state index contributed by atoms with van der Waals surface area (Å²) in [6, 6.07) is 6.28. The molecule has 1 aromatic rings. The second-order valence-corrected chi connectivity index (χ2v) is 9.07. The van der Waals surface area contributed by atoms with Gasteiger partial charge >= 0.3 is 0 Å². The molecule has 0 saturated carbocycles. The van der Waals surface area contributed by atoms with E-state index in [0.717, 1.165) is 12.8 Å². The number of rotatable bonds is 6. The minimum atomic E-state index is -3.44. The van der Waals surface area contributed by atoms with E-state index in [1.54, 1.807) is 12.1 Å². The first-order chi connectivity index (χ1) is 12.9. The SMILES string of the molecule is NC(=O)C1CCN(CC(=O)Nc2ccc(S(=O)(=O)N3CCCC3)cc2)CC1. The molecule has 2 heterocycles. The highest BCUT2D eigenvalue weighted by Crippen LogP contribution is 2.22. The van der Waals surface area contributed by atoms with Gasteiger partial charge in [-0.25, -0.2) is 8.42 Å². The predicted octanol–water partition coefficient (Wildman–Crippen LogP) is 0.607. The zero-order valence-electron chi connectivity index (χ0n) is 15.3. The smallest absolute Gasteiger partial charge is 0.243 e. The molecule has 0 aromatic heterocycles. The third-order valence-corrected chi connectivity index (χ3v) is 7.11. The van der Waals surface area contributed by atoms with E-state index >= 15 is 0 Å². The summed E-state index contributed by atoms with van der Waals surface area (Å²) in [6.45, 7) is 2.68. The number of hydrogen-bond acceptors (Lipinski definition) is 5. The van der Waals surface area contributed by atoms with Crippen LogP contribution >= 0.6 is 0 Å². The molecule has 148 valence electrons. The second-order valence-electron chi connectivity index (χ2n) is 7.14. The van der Waals surface area contributed by atoms with Gasteiger partial charge in [0.1, 0.15) is 0 Å². The lowest BCUT2D eigenvalue weighted by molar-refractivity contribution is -0.123. The highest BCUT2D eigenvalue weighted by Gasteiger charge is 2.27. The number of nitrogens with two attached hydrogens (primary N) is 1. The zero-order valence-corrected chi connectivity index (χ0v) is 16.1. The van der Waals surface area contributed by atoms with Crippen LogP contribution in [0, 0.1) is 5.92 Å². The summed E-state index contributed by atoms with van der Waals surface area (Å²) in [4.78, 5) is 25.6. The third-order valence-electron chi connectivity index (χ3n) is 5.20. The molecular weight excluding hydrogens is 368 g/mol. The number of amides is 2. The number of likely N-dealkylation sites (tertiary alicyclic amines) is 1. The van der Waals surface area contributed by atoms with Crippen molar-refractivity contribution >= 4 is 27.5 Å². The van der Waals surface area contributed by atoms with Gasteiger partial charge in [0.25, 0.3) is 0 Å². The summed E-state index contributed by atoms with van der Waals surface area (Å²) in [5, 5.41) is 2.79. The van der Waals surface area contributed by atoms with E-state index in [2.05, 4.69) is 5.32 Å². The molecule has 0 unspecified atom stereocenters. The van der Waals surface area contributed by atoms with E-state index < -0.39 is 10.0 Å². The molecule has 9 heteroatoms. The molecular formula is C18H26N4O4S. The average molecular weight is 394 g/mol. The Balaban J connectivity index is 1.52. The molecule has 1 aromatic carbocycles. The van der Waals surface area contributed by atoms with Crippen LogP contribution in [0.15, 0.2) is 29.2 Å². The number of piperidine rings is 1. The fraction of sp³-hybridized carbons (Fsp3) is 0.556. The van der Waals surface area contributed by atoms with Crippen LogP contribution in [0.25, 0.3) is 0 Å². The van der Waals surface area contributed by atoms with Crippen molar-refractivity contribution in [3.63, 3.8) is 0 Å². The van der Waals surface area contributed by atoms with Gasteiger partial charge in [0.05, 0.1) is 11.4 Å². The Morgan fingerprint density at radius 2 is 1.63 bits per heavy atom. The van der Waals surface area contributed by atoms with Gasteiger partial charge < -0.3 is 11.1 Å². The molecule has 27 heavy (non-hydrogen) atoms. The van der Waals surface area contributed by atoms with Crippen molar-refractivity contribution in [3.05, 3.63) is 24.3 Å². The lowest BCUT2D eigenvalue weighted by atomic mass is 9.96. The van der Waals surface area contributed by atoms with E-state index in [1.165, 1.54) is 16.4 Å². The van der Waals surface area contributed by atoms with Gasteiger partial charge in [0, 0.05) is 24.7 Å². The van der Waals surface area contributed by atoms with E-state index in [-0.39, 0.29) is 29.2 Å². The van der Waals surface area contributed by atoms with Gasteiger partial charge in [-0.2, -0.15) is 4.31 Å². The number of hydrogen-bond donors (Lipinski definition) is 2. The molecule has 2 aliphatic rings. The van der Waals surface area contributed by atoms with Crippen LogP contribution in [0.2, 0.25) is 0 Å². The van der Waals surface area contributed by atoms with E-state index in [4.69, 9.17) is 5.73 Å². The third kappa shape index (κ3) is 4.85. The molecule has 0 bridgehead atoms. The van der Waals surface area contributed by atoms with Crippen LogP contribution in [-0.2, 0) is 19.6 Å². The molecule has 0 spiro atoms. The molecule has 2 amide bonds. The Labute approximate surface area is 159 Å². The van der Waals surface area contributed by atoms with Gasteiger partial charge in [-0.15, -0.1) is 0 Å². The fourth-order valence-corrected chi connectivity index (χ4v) is 5.08. The molecule has 3 rings (SSSR count). The van der Waals surface area contributed by atoms with Crippen molar-refractivity contribution in [2.45, 2.75) is 30.6 Å². The van der Waals surface area contributed by atoms with Crippen molar-refractivity contribution < 1.29 is 18.0 Å². The topological polar surface area (TPSA) is 113 Å². The van der Waals surface area contributed by atoms with Gasteiger partial charge in [0.15, 0.2) is 0 Å². The maximum Gasteiger partial charge on any atom is 0.243 e. The minimum Gasteiger partial charge on any atom is -0.369 e. The molecule has 3 N–H and O–H groups in total. The zero-order chi connectivity index (χ0) is 19.4. The summed E-state index contributed by atoms with van der Waals surface area (Å²) in [5.41, 5.74) is 5.88. The normalized spacial score (nSPS) is 19.9. The molecule has 2 fully saturated rings. The fourth-order valence-electron chi connectivity index (χ4n) is 3.57. The second kappa shape index (κ2) is 8.37. The summed E-state index contributed by atoms with van der Waals surface area (Å²) < 4.78 is 26.5. The summed E-state index contributed by atoms with van der Waals surface area (Å²) in [7, 11) is -3.44. The summed E-state index contributed by atoms with van der Waals surface area (Å²) in [5.74, 6) is -0.542. The van der Waals surface area contributed by atoms with Crippen molar-refractivity contribution in [2.75, 3.05) is 38.0 Å². The number of nitrogens with one attached hydrogen (secondary N) is 1. The number of carbonyl (C=O) groups is 2. The first kappa shape index (κ1) is 19.8. The standard InChI is InChI=1S/C18H26N4O4S/c19-18(24)14-7-11-21(12-8-14)13-17(23)20-15-3-5-16(6-4-15)27(25,26)22-9-1-2-10-22/h3-6,14H,1-2,7-13H2,(H2,19,24)(H,20,23). The van der Waals surface area contributed by atoms with Crippen LogP contribution in [0.5, 0.6) is 0 Å². The Kier molecular flexibility index (Phi) is 6.13. The van der Waals surface area contributed by atoms with E-state index in [0.29, 0.717) is 44.7 Å². The Morgan fingerprint density at radius 1 is 1.04 bits per heavy atom. The lowest BCUT2D eigenvalue weighted by Crippen LogP contribution is -2.42. The Hall–Kier alpha value is -1.97. The van der Waals surface area contributed by atoms with Gasteiger partial charge in [0.2, 0.25) is 21.8 Å². The quantitative estimate of drug-likeness (QED) is 0.734. The number of primary amides is 1. The maximum absolute atomic E-state index is 12.5. The van der Waals surface area contributed by atoms with Gasteiger partial charge in [-0.3, -0.25) is 14.5 Å². The number of nitrogens with zero attached hydrogens (tertiary/aromatic N) is 2. The molecule has 0 atom stereocenters. The largest absolute Gasteiger partial charge is 0.369 e. The molecule has 8 nitrogen and oxygen atoms in total. The number of anilines is 1. The first-order valence-corrected chi connectivity index (χ1v) is 10.7. The number of carbonyl (C=O) groups excluding carboxylic acids is 2. The number of sulfonamides is 1. The minimum absolute atomic E-state index is 0.102. The molecule has 2 aliphatic heterocycles. The van der Waals surface area contributed by atoms with Crippen molar-refractivity contribution in [3.8, 4) is 0 Å². The van der Waals surface area contributed by atoms with Crippen molar-refractivity contribution in [1.82, 2.24) is 9.21 Å². The van der Waals surface area contributed by atoms with Gasteiger partial charge in [-0.1, -0.05) is 0 Å². The molecule has 0 aliphatic carbocycles.